The SMILES string of the molecule is CCNC(=O)C(NC(=O)O)c1ccc(Br)cc1. The number of benzene rings is 1. The van der Waals surface area contributed by atoms with Gasteiger partial charge in [0.25, 0.3) is 0 Å². The lowest BCUT2D eigenvalue weighted by Gasteiger charge is -2.16. The van der Waals surface area contributed by atoms with Crippen molar-refractivity contribution in [2.45, 2.75) is 13.0 Å². The van der Waals surface area contributed by atoms with Gasteiger partial charge in [0.2, 0.25) is 5.91 Å². The molecule has 92 valence electrons. The molecule has 0 bridgehead atoms. The molecular formula is C11H13BrN2O3. The fraction of sp³-hybridized carbons (Fsp3) is 0.273. The molecule has 2 amide bonds. The van der Waals surface area contributed by atoms with E-state index in [4.69, 9.17) is 5.11 Å². The summed E-state index contributed by atoms with van der Waals surface area (Å²) in [5.41, 5.74) is 0.599. The first-order valence-electron chi connectivity index (χ1n) is 5.07. The number of nitrogens with one attached hydrogen (secondary N) is 2. The van der Waals surface area contributed by atoms with Crippen LogP contribution >= 0.6 is 15.9 Å². The average Bonchev–Trinajstić information content (AvgIpc) is 2.27. The summed E-state index contributed by atoms with van der Waals surface area (Å²) >= 11 is 3.28. The largest absolute Gasteiger partial charge is 0.465 e. The van der Waals surface area contributed by atoms with Crippen molar-refractivity contribution in [1.82, 2.24) is 10.6 Å². The highest BCUT2D eigenvalue weighted by molar-refractivity contribution is 9.10. The van der Waals surface area contributed by atoms with Crippen molar-refractivity contribution >= 4 is 27.9 Å². The number of halogens is 1. The highest BCUT2D eigenvalue weighted by Gasteiger charge is 2.21. The molecule has 0 fully saturated rings. The maximum Gasteiger partial charge on any atom is 0.405 e. The Labute approximate surface area is 107 Å². The Hall–Kier alpha value is -1.56. The van der Waals surface area contributed by atoms with Crippen LogP contribution in [-0.4, -0.2) is 23.7 Å². The molecule has 3 N–H and O–H groups in total. The highest BCUT2D eigenvalue weighted by atomic mass is 79.9. The van der Waals surface area contributed by atoms with Crippen molar-refractivity contribution in [3.05, 3.63) is 34.3 Å². The predicted molar refractivity (Wildman–Crippen MR) is 66.7 cm³/mol. The van der Waals surface area contributed by atoms with E-state index >= 15 is 0 Å². The van der Waals surface area contributed by atoms with E-state index in [1.807, 2.05) is 0 Å². The molecule has 0 saturated carbocycles. The van der Waals surface area contributed by atoms with Gasteiger partial charge in [-0.1, -0.05) is 28.1 Å². The molecule has 0 radical (unpaired) electrons. The molecule has 0 spiro atoms. The van der Waals surface area contributed by atoms with Crippen molar-refractivity contribution in [1.29, 1.82) is 0 Å². The zero-order valence-electron chi connectivity index (χ0n) is 9.24. The van der Waals surface area contributed by atoms with E-state index in [9.17, 15) is 9.59 Å². The van der Waals surface area contributed by atoms with Crippen LogP contribution in [0.4, 0.5) is 4.79 Å². The molecule has 17 heavy (non-hydrogen) atoms. The number of hydrogen-bond donors (Lipinski definition) is 3. The molecule has 0 aliphatic heterocycles. The maximum absolute atomic E-state index is 11.7. The van der Waals surface area contributed by atoms with E-state index in [1.165, 1.54) is 0 Å². The van der Waals surface area contributed by atoms with E-state index in [0.29, 0.717) is 12.1 Å². The average molecular weight is 301 g/mol. The molecule has 0 aliphatic carbocycles. The van der Waals surface area contributed by atoms with Crippen LogP contribution in [0.1, 0.15) is 18.5 Å². The minimum Gasteiger partial charge on any atom is -0.465 e. The smallest absolute Gasteiger partial charge is 0.405 e. The van der Waals surface area contributed by atoms with Crippen LogP contribution in [0.15, 0.2) is 28.7 Å². The van der Waals surface area contributed by atoms with Crippen LogP contribution in [0.3, 0.4) is 0 Å². The summed E-state index contributed by atoms with van der Waals surface area (Å²) in [6.45, 7) is 2.23. The van der Waals surface area contributed by atoms with E-state index < -0.39 is 12.1 Å². The number of carbonyl (C=O) groups is 2. The number of carboxylic acid groups (broad SMARTS) is 1. The van der Waals surface area contributed by atoms with Crippen molar-refractivity contribution in [3.8, 4) is 0 Å². The van der Waals surface area contributed by atoms with Crippen LogP contribution in [0.5, 0.6) is 0 Å². The standard InChI is InChI=1S/C11H13BrN2O3/c1-2-13-10(15)9(14-11(16)17)7-3-5-8(12)6-4-7/h3-6,9,14H,2H2,1H3,(H,13,15)(H,16,17). The fourth-order valence-electron chi connectivity index (χ4n) is 1.36. The molecular weight excluding hydrogens is 288 g/mol. The molecule has 1 aromatic rings. The first-order valence-corrected chi connectivity index (χ1v) is 5.86. The molecule has 5 nitrogen and oxygen atoms in total. The van der Waals surface area contributed by atoms with Gasteiger partial charge >= 0.3 is 6.09 Å². The molecule has 0 aromatic heterocycles. The number of carbonyl (C=O) groups excluding carboxylic acids is 1. The van der Waals surface area contributed by atoms with Crippen molar-refractivity contribution in [2.75, 3.05) is 6.54 Å². The quantitative estimate of drug-likeness (QED) is 0.794. The summed E-state index contributed by atoms with van der Waals surface area (Å²) < 4.78 is 0.867. The van der Waals surface area contributed by atoms with Gasteiger partial charge < -0.3 is 15.7 Å². The Bertz CT molecular complexity index is 406. The van der Waals surface area contributed by atoms with Crippen LogP contribution in [-0.2, 0) is 4.79 Å². The van der Waals surface area contributed by atoms with Crippen molar-refractivity contribution < 1.29 is 14.7 Å². The summed E-state index contributed by atoms with van der Waals surface area (Å²) in [6.07, 6.45) is -1.23. The fourth-order valence-corrected chi connectivity index (χ4v) is 1.62. The Balaban J connectivity index is 2.92. The highest BCUT2D eigenvalue weighted by Crippen LogP contribution is 2.17. The summed E-state index contributed by atoms with van der Waals surface area (Å²) in [7, 11) is 0. The van der Waals surface area contributed by atoms with E-state index in [-0.39, 0.29) is 5.91 Å². The van der Waals surface area contributed by atoms with Gasteiger partial charge in [0, 0.05) is 11.0 Å². The van der Waals surface area contributed by atoms with Gasteiger partial charge in [0.1, 0.15) is 6.04 Å². The number of hydrogen-bond acceptors (Lipinski definition) is 2. The third-order valence-electron chi connectivity index (χ3n) is 2.08. The molecule has 1 atom stereocenters. The van der Waals surface area contributed by atoms with Crippen LogP contribution < -0.4 is 10.6 Å². The monoisotopic (exact) mass is 300 g/mol. The third-order valence-corrected chi connectivity index (χ3v) is 2.61. The molecule has 1 aromatic carbocycles. The Morgan fingerprint density at radius 3 is 2.41 bits per heavy atom. The minimum atomic E-state index is -1.23. The van der Waals surface area contributed by atoms with E-state index in [0.717, 1.165) is 4.47 Å². The van der Waals surface area contributed by atoms with Gasteiger partial charge in [-0.2, -0.15) is 0 Å². The molecule has 6 heteroatoms. The maximum atomic E-state index is 11.7. The second-order valence-electron chi connectivity index (χ2n) is 3.33. The minimum absolute atomic E-state index is 0.364. The van der Waals surface area contributed by atoms with Gasteiger partial charge in [-0.05, 0) is 24.6 Å². The summed E-state index contributed by atoms with van der Waals surface area (Å²) in [4.78, 5) is 22.4. The summed E-state index contributed by atoms with van der Waals surface area (Å²) in [5.74, 6) is -0.364. The van der Waals surface area contributed by atoms with Crippen molar-refractivity contribution in [2.24, 2.45) is 0 Å². The normalized spacial score (nSPS) is 11.6. The number of amides is 2. The summed E-state index contributed by atoms with van der Waals surface area (Å²) in [6, 6.07) is 6.01. The molecule has 0 heterocycles. The second-order valence-corrected chi connectivity index (χ2v) is 4.24. The molecule has 1 rings (SSSR count). The molecule has 0 saturated heterocycles. The topological polar surface area (TPSA) is 78.4 Å². The van der Waals surface area contributed by atoms with Crippen LogP contribution in [0.2, 0.25) is 0 Å². The van der Waals surface area contributed by atoms with Gasteiger partial charge in [0.05, 0.1) is 0 Å². The number of likely N-dealkylation sites (N-methyl/N-ethyl adjacent to an activating group) is 1. The summed E-state index contributed by atoms with van der Waals surface area (Å²) in [5, 5.41) is 13.5. The van der Waals surface area contributed by atoms with Gasteiger partial charge in [-0.3, -0.25) is 4.79 Å². The number of rotatable bonds is 4. The van der Waals surface area contributed by atoms with Gasteiger partial charge in [-0.15, -0.1) is 0 Å². The van der Waals surface area contributed by atoms with Gasteiger partial charge in [0.15, 0.2) is 0 Å². The first kappa shape index (κ1) is 13.5. The van der Waals surface area contributed by atoms with Gasteiger partial charge in [-0.25, -0.2) is 4.79 Å². The Morgan fingerprint density at radius 1 is 1.35 bits per heavy atom. The lowest BCUT2D eigenvalue weighted by atomic mass is 10.1. The Kier molecular flexibility index (Phi) is 4.96. The lowest BCUT2D eigenvalue weighted by Crippen LogP contribution is -2.39. The molecule has 0 aliphatic rings. The molecule has 1 unspecified atom stereocenters. The zero-order chi connectivity index (χ0) is 12.8. The van der Waals surface area contributed by atoms with Crippen LogP contribution in [0, 0.1) is 0 Å². The van der Waals surface area contributed by atoms with E-state index in [2.05, 4.69) is 26.6 Å². The Morgan fingerprint density at radius 2 is 1.94 bits per heavy atom. The van der Waals surface area contributed by atoms with Crippen molar-refractivity contribution in [3.63, 3.8) is 0 Å². The van der Waals surface area contributed by atoms with E-state index in [1.54, 1.807) is 31.2 Å². The zero-order valence-corrected chi connectivity index (χ0v) is 10.8. The lowest BCUT2D eigenvalue weighted by molar-refractivity contribution is -0.123. The third kappa shape index (κ3) is 4.07. The van der Waals surface area contributed by atoms with Crippen LogP contribution in [0.25, 0.3) is 0 Å². The predicted octanol–water partition coefficient (Wildman–Crippen LogP) is 1.89. The first-order chi connectivity index (χ1) is 8.04. The second kappa shape index (κ2) is 6.24.